The molecule has 80 valence electrons. The molecular weight excluding hydrogens is 190 g/mol. The van der Waals surface area contributed by atoms with Crippen LogP contribution >= 0.6 is 0 Å². The molecule has 2 aliphatic rings. The van der Waals surface area contributed by atoms with Gasteiger partial charge in [-0.1, -0.05) is 12.2 Å². The van der Waals surface area contributed by atoms with Gasteiger partial charge in [0.15, 0.2) is 0 Å². The Kier molecular flexibility index (Phi) is 2.71. The van der Waals surface area contributed by atoms with Crippen molar-refractivity contribution in [3.8, 4) is 0 Å². The van der Waals surface area contributed by atoms with Gasteiger partial charge in [0.25, 0.3) is 0 Å². The van der Waals surface area contributed by atoms with Crippen molar-refractivity contribution in [3.05, 3.63) is 23.8 Å². The van der Waals surface area contributed by atoms with E-state index in [1.54, 1.807) is 25.2 Å². The van der Waals surface area contributed by atoms with Gasteiger partial charge in [-0.3, -0.25) is 0 Å². The number of hydrogen-bond donors (Lipinski definition) is 1. The predicted molar refractivity (Wildman–Crippen MR) is 57.8 cm³/mol. The summed E-state index contributed by atoms with van der Waals surface area (Å²) >= 11 is 0. The van der Waals surface area contributed by atoms with Crippen molar-refractivity contribution in [2.75, 3.05) is 6.61 Å². The zero-order valence-electron chi connectivity index (χ0n) is 8.82. The van der Waals surface area contributed by atoms with Crippen LogP contribution in [0.2, 0.25) is 0 Å². The molecule has 1 atom stereocenters. The molecule has 0 heterocycles. The van der Waals surface area contributed by atoms with E-state index in [0.717, 1.165) is 12.8 Å². The van der Waals surface area contributed by atoms with E-state index in [2.05, 4.69) is 0 Å². The Bertz CT molecular complexity index is 351. The Labute approximate surface area is 89.3 Å². The second-order valence-electron chi connectivity index (χ2n) is 3.97. The van der Waals surface area contributed by atoms with Gasteiger partial charge in [-0.25, -0.2) is 4.79 Å². The van der Waals surface area contributed by atoms with Crippen molar-refractivity contribution >= 4 is 11.7 Å². The summed E-state index contributed by atoms with van der Waals surface area (Å²) in [4.78, 5) is 11.7. The average molecular weight is 205 g/mol. The summed E-state index contributed by atoms with van der Waals surface area (Å²) in [6.45, 7) is 2.19. The first-order valence-corrected chi connectivity index (χ1v) is 5.38. The third-order valence-corrected chi connectivity index (χ3v) is 2.83. The molecule has 2 aliphatic carbocycles. The average Bonchev–Trinajstić information content (AvgIpc) is 3.01. The minimum absolute atomic E-state index is 0.0194. The third-order valence-electron chi connectivity index (χ3n) is 2.83. The van der Waals surface area contributed by atoms with Gasteiger partial charge in [0.05, 0.1) is 6.61 Å². The Morgan fingerprint density at radius 2 is 2.33 bits per heavy atom. The summed E-state index contributed by atoms with van der Waals surface area (Å²) in [6, 6.07) is 0. The van der Waals surface area contributed by atoms with Crippen molar-refractivity contribution in [1.29, 1.82) is 5.41 Å². The molecule has 0 spiro atoms. The molecule has 15 heavy (non-hydrogen) atoms. The third kappa shape index (κ3) is 2.01. The molecule has 0 aliphatic heterocycles. The molecule has 0 radical (unpaired) electrons. The summed E-state index contributed by atoms with van der Waals surface area (Å²) < 4.78 is 5.00. The highest BCUT2D eigenvalue weighted by molar-refractivity contribution is 6.05. The molecule has 0 saturated heterocycles. The summed E-state index contributed by atoms with van der Waals surface area (Å²) in [5.74, 6) is 0.204. The van der Waals surface area contributed by atoms with E-state index in [1.165, 1.54) is 0 Å². The second-order valence-corrected chi connectivity index (χ2v) is 3.97. The molecule has 0 amide bonds. The highest BCUT2D eigenvalue weighted by Crippen LogP contribution is 2.42. The Morgan fingerprint density at radius 3 is 2.93 bits per heavy atom. The molecule has 0 aromatic heterocycles. The van der Waals surface area contributed by atoms with Crippen LogP contribution in [0.3, 0.4) is 0 Å². The summed E-state index contributed by atoms with van der Waals surface area (Å²) in [6.07, 6.45) is 7.56. The first kappa shape index (κ1) is 10.1. The van der Waals surface area contributed by atoms with E-state index in [1.807, 2.05) is 0 Å². The van der Waals surface area contributed by atoms with Gasteiger partial charge in [0.2, 0.25) is 0 Å². The summed E-state index contributed by atoms with van der Waals surface area (Å²) in [5.41, 5.74) is 1.20. The van der Waals surface area contributed by atoms with Crippen molar-refractivity contribution in [1.82, 2.24) is 0 Å². The zero-order valence-corrected chi connectivity index (χ0v) is 8.82. The molecule has 0 bridgehead atoms. The lowest BCUT2D eigenvalue weighted by molar-refractivity contribution is -0.139. The van der Waals surface area contributed by atoms with Crippen LogP contribution in [0.4, 0.5) is 0 Å². The number of hydrogen-bond acceptors (Lipinski definition) is 3. The normalized spacial score (nSPS) is 25.0. The molecule has 1 N–H and O–H groups in total. The van der Waals surface area contributed by atoms with E-state index in [9.17, 15) is 4.79 Å². The van der Waals surface area contributed by atoms with E-state index >= 15 is 0 Å². The van der Waals surface area contributed by atoms with E-state index in [-0.39, 0.29) is 11.9 Å². The molecule has 0 aromatic rings. The maximum absolute atomic E-state index is 11.7. The minimum atomic E-state index is -0.261. The lowest BCUT2D eigenvalue weighted by Crippen LogP contribution is -2.25. The minimum Gasteiger partial charge on any atom is -0.463 e. The molecule has 0 aromatic carbocycles. The SMILES string of the molecule is CCOC(=O)C1=CC=CC(=N)C1C1CC1. The highest BCUT2D eigenvalue weighted by Gasteiger charge is 2.39. The molecule has 2 rings (SSSR count). The number of rotatable bonds is 3. The van der Waals surface area contributed by atoms with Gasteiger partial charge in [-0.15, -0.1) is 0 Å². The smallest absolute Gasteiger partial charge is 0.334 e. The van der Waals surface area contributed by atoms with Gasteiger partial charge in [0.1, 0.15) is 0 Å². The molecule has 3 nitrogen and oxygen atoms in total. The standard InChI is InChI=1S/C12H15NO2/c1-2-15-12(14)9-4-3-5-10(13)11(9)8-6-7-8/h3-5,8,11,13H,2,6-7H2,1H3. The first-order chi connectivity index (χ1) is 7.24. The monoisotopic (exact) mass is 205 g/mol. The second kappa shape index (κ2) is 4.01. The Morgan fingerprint density at radius 1 is 1.60 bits per heavy atom. The molecule has 1 unspecified atom stereocenters. The van der Waals surface area contributed by atoms with Crippen LogP contribution in [0.15, 0.2) is 23.8 Å². The maximum Gasteiger partial charge on any atom is 0.334 e. The highest BCUT2D eigenvalue weighted by atomic mass is 16.5. The van der Waals surface area contributed by atoms with Crippen LogP contribution < -0.4 is 0 Å². The Balaban J connectivity index is 2.19. The number of ether oxygens (including phenoxy) is 1. The predicted octanol–water partition coefficient (Wildman–Crippen LogP) is 2.09. The number of carbonyl (C=O) groups is 1. The van der Waals surface area contributed by atoms with Crippen LogP contribution in [0.25, 0.3) is 0 Å². The van der Waals surface area contributed by atoms with Crippen LogP contribution in [0, 0.1) is 17.2 Å². The van der Waals surface area contributed by atoms with E-state index < -0.39 is 0 Å². The fourth-order valence-corrected chi connectivity index (χ4v) is 1.98. The van der Waals surface area contributed by atoms with Gasteiger partial charge < -0.3 is 10.1 Å². The Hall–Kier alpha value is -1.38. The lowest BCUT2D eigenvalue weighted by atomic mass is 9.86. The van der Waals surface area contributed by atoms with Crippen molar-refractivity contribution in [2.24, 2.45) is 11.8 Å². The first-order valence-electron chi connectivity index (χ1n) is 5.38. The summed E-state index contributed by atoms with van der Waals surface area (Å²) in [7, 11) is 0. The van der Waals surface area contributed by atoms with E-state index in [4.69, 9.17) is 10.1 Å². The van der Waals surface area contributed by atoms with Crippen LogP contribution in [0.5, 0.6) is 0 Å². The molecule has 1 fully saturated rings. The lowest BCUT2D eigenvalue weighted by Gasteiger charge is -2.20. The molecule has 1 saturated carbocycles. The fraction of sp³-hybridized carbons (Fsp3) is 0.500. The van der Waals surface area contributed by atoms with Gasteiger partial charge >= 0.3 is 5.97 Å². The van der Waals surface area contributed by atoms with Crippen LogP contribution in [-0.4, -0.2) is 18.3 Å². The van der Waals surface area contributed by atoms with Gasteiger partial charge in [0, 0.05) is 17.2 Å². The topological polar surface area (TPSA) is 50.2 Å². The van der Waals surface area contributed by atoms with E-state index in [0.29, 0.717) is 23.8 Å². The fourth-order valence-electron chi connectivity index (χ4n) is 1.98. The summed E-state index contributed by atoms with van der Waals surface area (Å²) in [5, 5.41) is 7.84. The van der Waals surface area contributed by atoms with Gasteiger partial charge in [-0.2, -0.15) is 0 Å². The molecular formula is C12H15NO2. The quantitative estimate of drug-likeness (QED) is 0.717. The van der Waals surface area contributed by atoms with Crippen molar-refractivity contribution < 1.29 is 9.53 Å². The maximum atomic E-state index is 11.7. The van der Waals surface area contributed by atoms with Crippen LogP contribution in [-0.2, 0) is 9.53 Å². The number of nitrogens with one attached hydrogen (secondary N) is 1. The van der Waals surface area contributed by atoms with Gasteiger partial charge in [-0.05, 0) is 31.8 Å². The number of allylic oxidation sites excluding steroid dienone is 3. The number of carbonyl (C=O) groups excluding carboxylic acids is 1. The zero-order chi connectivity index (χ0) is 10.8. The van der Waals surface area contributed by atoms with Crippen molar-refractivity contribution in [2.45, 2.75) is 19.8 Å². The molecule has 3 heteroatoms. The van der Waals surface area contributed by atoms with Crippen molar-refractivity contribution in [3.63, 3.8) is 0 Å². The van der Waals surface area contributed by atoms with Crippen LogP contribution in [0.1, 0.15) is 19.8 Å². The number of esters is 1. The largest absolute Gasteiger partial charge is 0.463 e.